The molecule has 6 heteroatoms. The summed E-state index contributed by atoms with van der Waals surface area (Å²) in [5, 5.41) is 12.7. The Labute approximate surface area is 126 Å². The number of carbonyl (C=O) groups excluding carboxylic acids is 1. The number of carboxylic acids is 1. The molecule has 0 aromatic heterocycles. The molecule has 1 amide bonds. The number of halogens is 1. The van der Waals surface area contributed by atoms with Crippen LogP contribution < -0.4 is 5.32 Å². The average molecular weight is 308 g/mol. The molecule has 2 aliphatic heterocycles. The second-order valence-electron chi connectivity index (χ2n) is 5.18. The van der Waals surface area contributed by atoms with Gasteiger partial charge in [-0.05, 0) is 17.7 Å². The highest BCUT2D eigenvalue weighted by Crippen LogP contribution is 2.39. The van der Waals surface area contributed by atoms with Crippen LogP contribution >= 0.6 is 11.6 Å². The number of amides is 1. The monoisotopic (exact) mass is 307 g/mol. The zero-order valence-corrected chi connectivity index (χ0v) is 11.8. The number of nitrogens with one attached hydrogen (secondary N) is 1. The molecule has 1 aromatic carbocycles. The van der Waals surface area contributed by atoms with Crippen molar-refractivity contribution in [1.29, 1.82) is 0 Å². The summed E-state index contributed by atoms with van der Waals surface area (Å²) in [6.45, 7) is 0.333. The Bertz CT molecular complexity index is 598. The van der Waals surface area contributed by atoms with Crippen LogP contribution in [0.5, 0.6) is 0 Å². The molecule has 0 aliphatic carbocycles. The number of carboxylic acid groups (broad SMARTS) is 1. The first-order valence-electron chi connectivity index (χ1n) is 6.65. The molecule has 0 saturated carbocycles. The van der Waals surface area contributed by atoms with Crippen molar-refractivity contribution in [3.63, 3.8) is 0 Å². The van der Waals surface area contributed by atoms with Gasteiger partial charge in [-0.3, -0.25) is 9.59 Å². The summed E-state index contributed by atoms with van der Waals surface area (Å²) in [6, 6.07) is 7.11. The van der Waals surface area contributed by atoms with Crippen molar-refractivity contribution in [2.24, 2.45) is 11.8 Å². The average Bonchev–Trinajstić information content (AvgIpc) is 3.06. The number of benzene rings is 1. The Balaban J connectivity index is 1.66. The lowest BCUT2D eigenvalue weighted by atomic mass is 9.82. The van der Waals surface area contributed by atoms with E-state index in [0.29, 0.717) is 11.6 Å². The SMILES string of the molecule is O=C(O)[C@@H]1[C@H](C(=O)NCc2ccc(Cl)cc2)[C@@H]2C=C[C@@H]1O2. The highest BCUT2D eigenvalue weighted by Gasteiger charge is 2.53. The number of hydrogen-bond acceptors (Lipinski definition) is 3. The molecule has 0 spiro atoms. The number of rotatable bonds is 4. The zero-order chi connectivity index (χ0) is 15.0. The number of carbonyl (C=O) groups is 2. The fraction of sp³-hybridized carbons (Fsp3) is 0.333. The smallest absolute Gasteiger partial charge is 0.310 e. The molecule has 2 bridgehead atoms. The van der Waals surface area contributed by atoms with Gasteiger partial charge in [0.2, 0.25) is 5.91 Å². The van der Waals surface area contributed by atoms with Crippen molar-refractivity contribution in [3.05, 3.63) is 47.0 Å². The minimum atomic E-state index is -1.00. The molecule has 0 radical (unpaired) electrons. The van der Waals surface area contributed by atoms with E-state index in [2.05, 4.69) is 5.32 Å². The summed E-state index contributed by atoms with van der Waals surface area (Å²) in [6.07, 6.45) is 2.53. The van der Waals surface area contributed by atoms with Gasteiger partial charge in [0.1, 0.15) is 5.92 Å². The lowest BCUT2D eigenvalue weighted by Gasteiger charge is -2.21. The van der Waals surface area contributed by atoms with Crippen molar-refractivity contribution in [2.45, 2.75) is 18.8 Å². The summed E-state index contributed by atoms with van der Waals surface area (Å²) in [5.74, 6) is -2.79. The molecule has 1 saturated heterocycles. The highest BCUT2D eigenvalue weighted by atomic mass is 35.5. The Kier molecular flexibility index (Phi) is 3.69. The molecule has 2 heterocycles. The van der Waals surface area contributed by atoms with Gasteiger partial charge >= 0.3 is 5.97 Å². The van der Waals surface area contributed by atoms with Gasteiger partial charge in [0.25, 0.3) is 0 Å². The Morgan fingerprint density at radius 1 is 1.14 bits per heavy atom. The molecule has 3 rings (SSSR count). The molecular weight excluding hydrogens is 294 g/mol. The molecule has 2 aliphatic rings. The molecule has 0 unspecified atom stereocenters. The molecule has 21 heavy (non-hydrogen) atoms. The molecule has 4 atom stereocenters. The number of aliphatic carboxylic acids is 1. The maximum atomic E-state index is 12.3. The van der Waals surface area contributed by atoms with Crippen LogP contribution in [0.1, 0.15) is 5.56 Å². The van der Waals surface area contributed by atoms with Crippen LogP contribution in [0, 0.1) is 11.8 Å². The Morgan fingerprint density at radius 2 is 1.76 bits per heavy atom. The topological polar surface area (TPSA) is 75.6 Å². The molecule has 1 aromatic rings. The number of fused-ring (bicyclic) bond motifs is 2. The van der Waals surface area contributed by atoms with Gasteiger partial charge in [-0.25, -0.2) is 0 Å². The maximum Gasteiger partial charge on any atom is 0.310 e. The summed E-state index contributed by atoms with van der Waals surface area (Å²) >= 11 is 5.80. The fourth-order valence-electron chi connectivity index (χ4n) is 2.82. The zero-order valence-electron chi connectivity index (χ0n) is 11.0. The van der Waals surface area contributed by atoms with Crippen LogP contribution in [0.25, 0.3) is 0 Å². The summed E-state index contributed by atoms with van der Waals surface area (Å²) in [5.41, 5.74) is 0.902. The van der Waals surface area contributed by atoms with Crippen molar-refractivity contribution in [2.75, 3.05) is 0 Å². The third kappa shape index (κ3) is 2.66. The van der Waals surface area contributed by atoms with Crippen LogP contribution in [0.2, 0.25) is 5.02 Å². The molecule has 110 valence electrons. The van der Waals surface area contributed by atoms with E-state index in [1.807, 2.05) is 12.1 Å². The Hall–Kier alpha value is -1.85. The minimum absolute atomic E-state index is 0.297. The van der Waals surface area contributed by atoms with Gasteiger partial charge in [0, 0.05) is 11.6 Å². The summed E-state index contributed by atoms with van der Waals surface area (Å²) in [4.78, 5) is 23.6. The third-order valence-electron chi connectivity index (χ3n) is 3.87. The molecule has 2 N–H and O–H groups in total. The second kappa shape index (κ2) is 5.50. The molecule has 1 fully saturated rings. The minimum Gasteiger partial charge on any atom is -0.481 e. The molecular formula is C15H14ClNO4. The van der Waals surface area contributed by atoms with Gasteiger partial charge in [0.15, 0.2) is 0 Å². The predicted octanol–water partition coefficient (Wildman–Crippen LogP) is 1.61. The number of ether oxygens (including phenoxy) is 1. The first-order valence-corrected chi connectivity index (χ1v) is 7.03. The first kappa shape index (κ1) is 14.1. The highest BCUT2D eigenvalue weighted by molar-refractivity contribution is 6.30. The van der Waals surface area contributed by atoms with Crippen LogP contribution in [0.3, 0.4) is 0 Å². The van der Waals surface area contributed by atoms with Gasteiger partial charge in [0.05, 0.1) is 18.1 Å². The third-order valence-corrected chi connectivity index (χ3v) is 4.12. The van der Waals surface area contributed by atoms with Gasteiger partial charge in [-0.15, -0.1) is 0 Å². The quantitative estimate of drug-likeness (QED) is 0.829. The molecule has 5 nitrogen and oxygen atoms in total. The van der Waals surface area contributed by atoms with Crippen LogP contribution in [0.15, 0.2) is 36.4 Å². The first-order chi connectivity index (χ1) is 10.1. The van der Waals surface area contributed by atoms with Gasteiger partial charge in [-0.2, -0.15) is 0 Å². The van der Waals surface area contributed by atoms with E-state index in [4.69, 9.17) is 16.3 Å². The van der Waals surface area contributed by atoms with Gasteiger partial charge in [-0.1, -0.05) is 35.9 Å². The fourth-order valence-corrected chi connectivity index (χ4v) is 2.95. The van der Waals surface area contributed by atoms with Crippen molar-refractivity contribution < 1.29 is 19.4 Å². The number of hydrogen-bond donors (Lipinski definition) is 2. The van der Waals surface area contributed by atoms with Crippen molar-refractivity contribution >= 4 is 23.5 Å². The summed E-state index contributed by atoms with van der Waals surface area (Å²) in [7, 11) is 0. The van der Waals surface area contributed by atoms with E-state index in [9.17, 15) is 14.7 Å². The maximum absolute atomic E-state index is 12.3. The van der Waals surface area contributed by atoms with E-state index in [0.717, 1.165) is 5.56 Å². The predicted molar refractivity (Wildman–Crippen MR) is 75.7 cm³/mol. The normalized spacial score (nSPS) is 29.6. The van der Waals surface area contributed by atoms with Crippen LogP contribution in [-0.2, 0) is 20.9 Å². The largest absolute Gasteiger partial charge is 0.481 e. The van der Waals surface area contributed by atoms with E-state index in [1.165, 1.54) is 0 Å². The van der Waals surface area contributed by atoms with E-state index in [-0.39, 0.29) is 5.91 Å². The van der Waals surface area contributed by atoms with Crippen molar-refractivity contribution in [1.82, 2.24) is 5.32 Å². The van der Waals surface area contributed by atoms with Crippen LogP contribution in [-0.4, -0.2) is 29.2 Å². The van der Waals surface area contributed by atoms with Crippen molar-refractivity contribution in [3.8, 4) is 0 Å². The standard InChI is InChI=1S/C15H14ClNO4/c16-9-3-1-8(2-4-9)7-17-14(18)12-10-5-6-11(21-10)13(12)15(19)20/h1-6,10-13H,7H2,(H,17,18)(H,19,20)/t10-,11-,12+,13-/m0/s1. The lowest BCUT2D eigenvalue weighted by molar-refractivity contribution is -0.146. The van der Waals surface area contributed by atoms with E-state index >= 15 is 0 Å². The van der Waals surface area contributed by atoms with Crippen LogP contribution in [0.4, 0.5) is 0 Å². The van der Waals surface area contributed by atoms with E-state index in [1.54, 1.807) is 24.3 Å². The van der Waals surface area contributed by atoms with E-state index < -0.39 is 30.0 Å². The Morgan fingerprint density at radius 3 is 2.38 bits per heavy atom. The lowest BCUT2D eigenvalue weighted by Crippen LogP contribution is -2.42. The van der Waals surface area contributed by atoms with Gasteiger partial charge < -0.3 is 15.2 Å². The second-order valence-corrected chi connectivity index (χ2v) is 5.62. The summed E-state index contributed by atoms with van der Waals surface area (Å²) < 4.78 is 5.48.